The molecule has 1 heterocycles. The number of carbonyl (C=O) groups is 1. The molecule has 1 aliphatic heterocycles. The maximum absolute atomic E-state index is 11.8. The summed E-state index contributed by atoms with van der Waals surface area (Å²) in [5.41, 5.74) is 6.89. The zero-order valence-corrected chi connectivity index (χ0v) is 12.1. The van der Waals surface area contributed by atoms with Gasteiger partial charge in [0.25, 0.3) is 5.91 Å². The van der Waals surface area contributed by atoms with Gasteiger partial charge in [0.15, 0.2) is 0 Å². The highest BCUT2D eigenvalue weighted by atomic mass is 16.2. The molecule has 19 heavy (non-hydrogen) atoms. The predicted molar refractivity (Wildman–Crippen MR) is 78.3 cm³/mol. The Hall–Kier alpha value is -1.09. The quantitative estimate of drug-likeness (QED) is 0.817. The summed E-state index contributed by atoms with van der Waals surface area (Å²) >= 11 is 0. The van der Waals surface area contributed by atoms with Crippen molar-refractivity contribution in [3.63, 3.8) is 0 Å². The van der Waals surface area contributed by atoms with Crippen LogP contribution in [0.25, 0.3) is 0 Å². The van der Waals surface area contributed by atoms with E-state index in [1.54, 1.807) is 0 Å². The molecule has 3 nitrogen and oxygen atoms in total. The lowest BCUT2D eigenvalue weighted by Crippen LogP contribution is -2.47. The number of nitrogens with one attached hydrogen (secondary N) is 2. The summed E-state index contributed by atoms with van der Waals surface area (Å²) in [4.78, 5) is 11.8. The van der Waals surface area contributed by atoms with Gasteiger partial charge in [-0.3, -0.25) is 10.2 Å². The second-order valence-corrected chi connectivity index (χ2v) is 5.78. The molecule has 1 unspecified atom stereocenters. The summed E-state index contributed by atoms with van der Waals surface area (Å²) < 4.78 is 0. The second kappa shape index (κ2) is 6.90. The first-order valence-electron chi connectivity index (χ1n) is 7.67. The van der Waals surface area contributed by atoms with E-state index in [0.717, 1.165) is 17.9 Å². The standard InChI is InChI=1S/C16H26N2O/c1-3-6-12-9-10-14(11-12)15-8-5-7-13(4-2)16(19)18-17-15/h5,7-8,12,14-15,17H,3-4,6,9-11H2,1-2H3,(H,18,19)/b8-5+,13-7-/t12-,14?,15+/m0/s1. The summed E-state index contributed by atoms with van der Waals surface area (Å²) in [6.45, 7) is 4.27. The van der Waals surface area contributed by atoms with E-state index in [4.69, 9.17) is 0 Å². The van der Waals surface area contributed by atoms with Crippen LogP contribution in [0.1, 0.15) is 52.4 Å². The van der Waals surface area contributed by atoms with Gasteiger partial charge in [0.1, 0.15) is 0 Å². The van der Waals surface area contributed by atoms with E-state index in [2.05, 4.69) is 23.9 Å². The maximum Gasteiger partial charge on any atom is 0.261 e. The van der Waals surface area contributed by atoms with E-state index >= 15 is 0 Å². The molecule has 3 atom stereocenters. The van der Waals surface area contributed by atoms with Crippen LogP contribution in [0.2, 0.25) is 0 Å². The third kappa shape index (κ3) is 3.69. The van der Waals surface area contributed by atoms with Crippen molar-refractivity contribution in [2.24, 2.45) is 11.8 Å². The Morgan fingerprint density at radius 1 is 1.32 bits per heavy atom. The number of hydrogen-bond donors (Lipinski definition) is 2. The summed E-state index contributed by atoms with van der Waals surface area (Å²) in [5.74, 6) is 1.55. The Morgan fingerprint density at radius 3 is 2.89 bits per heavy atom. The Kier molecular flexibility index (Phi) is 5.20. The molecule has 1 saturated carbocycles. The molecule has 1 fully saturated rings. The van der Waals surface area contributed by atoms with Crippen molar-refractivity contribution in [2.45, 2.75) is 58.4 Å². The van der Waals surface area contributed by atoms with Gasteiger partial charge in [-0.1, -0.05) is 51.3 Å². The molecule has 1 aliphatic carbocycles. The van der Waals surface area contributed by atoms with Crippen molar-refractivity contribution >= 4 is 5.91 Å². The van der Waals surface area contributed by atoms with Gasteiger partial charge in [0.05, 0.1) is 0 Å². The fourth-order valence-electron chi connectivity index (χ4n) is 3.31. The minimum Gasteiger partial charge on any atom is -0.287 e. The molecule has 0 radical (unpaired) electrons. The molecule has 2 aliphatic rings. The van der Waals surface area contributed by atoms with Crippen LogP contribution in [-0.2, 0) is 4.79 Å². The number of allylic oxidation sites excluding steroid dienone is 2. The molecule has 2 rings (SSSR count). The first-order chi connectivity index (χ1) is 9.24. The zero-order chi connectivity index (χ0) is 13.7. The van der Waals surface area contributed by atoms with Crippen LogP contribution in [-0.4, -0.2) is 11.9 Å². The highest BCUT2D eigenvalue weighted by Crippen LogP contribution is 2.36. The Balaban J connectivity index is 1.97. The summed E-state index contributed by atoms with van der Waals surface area (Å²) in [5, 5.41) is 0. The third-order valence-corrected chi connectivity index (χ3v) is 4.43. The monoisotopic (exact) mass is 262 g/mol. The molecule has 0 aromatic carbocycles. The predicted octanol–water partition coefficient (Wildman–Crippen LogP) is 3.10. The average molecular weight is 262 g/mol. The van der Waals surface area contributed by atoms with Crippen LogP contribution in [0, 0.1) is 11.8 Å². The van der Waals surface area contributed by atoms with Gasteiger partial charge in [0, 0.05) is 11.6 Å². The fourth-order valence-corrected chi connectivity index (χ4v) is 3.31. The van der Waals surface area contributed by atoms with Crippen molar-refractivity contribution in [3.8, 4) is 0 Å². The molecular weight excluding hydrogens is 236 g/mol. The van der Waals surface area contributed by atoms with Crippen LogP contribution in [0.5, 0.6) is 0 Å². The van der Waals surface area contributed by atoms with Crippen molar-refractivity contribution in [3.05, 3.63) is 23.8 Å². The lowest BCUT2D eigenvalue weighted by molar-refractivity contribution is -0.118. The highest BCUT2D eigenvalue weighted by Gasteiger charge is 2.29. The van der Waals surface area contributed by atoms with Crippen LogP contribution >= 0.6 is 0 Å². The number of carbonyl (C=O) groups excluding carboxylic acids is 1. The lowest BCUT2D eigenvalue weighted by Gasteiger charge is -2.24. The summed E-state index contributed by atoms with van der Waals surface area (Å²) in [7, 11) is 0. The second-order valence-electron chi connectivity index (χ2n) is 5.78. The lowest BCUT2D eigenvalue weighted by atomic mass is 9.94. The van der Waals surface area contributed by atoms with E-state index in [0.29, 0.717) is 5.92 Å². The van der Waals surface area contributed by atoms with Crippen LogP contribution in [0.3, 0.4) is 0 Å². The molecule has 0 saturated heterocycles. The molecular formula is C16H26N2O. The van der Waals surface area contributed by atoms with Crippen molar-refractivity contribution in [2.75, 3.05) is 0 Å². The Labute approximate surface area is 116 Å². The van der Waals surface area contributed by atoms with Gasteiger partial charge in [-0.15, -0.1) is 0 Å². The van der Waals surface area contributed by atoms with Crippen molar-refractivity contribution in [1.29, 1.82) is 0 Å². The SMILES string of the molecule is CCC[C@H]1CCC([C@H]2/C=C/C=C(/CC)C(=O)NN2)C1. The first-order valence-corrected chi connectivity index (χ1v) is 7.67. The van der Waals surface area contributed by atoms with Gasteiger partial charge in [-0.25, -0.2) is 5.43 Å². The van der Waals surface area contributed by atoms with E-state index in [9.17, 15) is 4.79 Å². The van der Waals surface area contributed by atoms with E-state index in [-0.39, 0.29) is 11.9 Å². The minimum absolute atomic E-state index is 0.0138. The fraction of sp³-hybridized carbons (Fsp3) is 0.688. The van der Waals surface area contributed by atoms with Crippen LogP contribution in [0.4, 0.5) is 0 Å². The zero-order valence-electron chi connectivity index (χ0n) is 12.1. The number of hydrazine groups is 1. The Morgan fingerprint density at radius 2 is 2.16 bits per heavy atom. The van der Waals surface area contributed by atoms with Gasteiger partial charge in [-0.2, -0.15) is 0 Å². The molecule has 3 heteroatoms. The molecule has 106 valence electrons. The molecule has 1 amide bonds. The highest BCUT2D eigenvalue weighted by molar-refractivity contribution is 5.93. The van der Waals surface area contributed by atoms with Gasteiger partial charge < -0.3 is 0 Å². The average Bonchev–Trinajstić information content (AvgIpc) is 2.84. The molecule has 0 spiro atoms. The van der Waals surface area contributed by atoms with Crippen LogP contribution < -0.4 is 10.9 Å². The van der Waals surface area contributed by atoms with Gasteiger partial charge in [0.2, 0.25) is 0 Å². The van der Waals surface area contributed by atoms with E-state index < -0.39 is 0 Å². The largest absolute Gasteiger partial charge is 0.287 e. The molecule has 0 bridgehead atoms. The normalized spacial score (nSPS) is 36.0. The molecule has 0 aromatic heterocycles. The van der Waals surface area contributed by atoms with E-state index in [1.807, 2.05) is 19.1 Å². The smallest absolute Gasteiger partial charge is 0.261 e. The number of amides is 1. The third-order valence-electron chi connectivity index (χ3n) is 4.43. The van der Waals surface area contributed by atoms with Gasteiger partial charge >= 0.3 is 0 Å². The van der Waals surface area contributed by atoms with Crippen molar-refractivity contribution in [1.82, 2.24) is 10.9 Å². The topological polar surface area (TPSA) is 41.1 Å². The summed E-state index contributed by atoms with van der Waals surface area (Å²) in [6, 6.07) is 0.278. The Bertz CT molecular complexity index is 373. The van der Waals surface area contributed by atoms with E-state index in [1.165, 1.54) is 32.1 Å². The van der Waals surface area contributed by atoms with Gasteiger partial charge in [-0.05, 0) is 31.1 Å². The number of hydrogen-bond acceptors (Lipinski definition) is 2. The minimum atomic E-state index is 0.0138. The van der Waals surface area contributed by atoms with Crippen LogP contribution in [0.15, 0.2) is 23.8 Å². The maximum atomic E-state index is 11.8. The summed E-state index contributed by atoms with van der Waals surface area (Å²) in [6.07, 6.45) is 13.5. The van der Waals surface area contributed by atoms with Crippen molar-refractivity contribution < 1.29 is 4.79 Å². The molecule has 2 N–H and O–H groups in total. The first kappa shape index (κ1) is 14.3. The number of rotatable bonds is 4. The molecule has 0 aromatic rings.